The number of hydrogen-bond donors (Lipinski definition) is 2. The first kappa shape index (κ1) is 17.7. The van der Waals surface area contributed by atoms with Crippen molar-refractivity contribution in [3.05, 3.63) is 75.8 Å². The van der Waals surface area contributed by atoms with Crippen LogP contribution in [0.15, 0.2) is 53.3 Å². The highest BCUT2D eigenvalue weighted by atomic mass is 16.5. The number of carbonyl (C=O) groups excluding carboxylic acids is 2. The van der Waals surface area contributed by atoms with Gasteiger partial charge in [-0.3, -0.25) is 14.4 Å². The number of benzene rings is 2. The minimum Gasteiger partial charge on any atom is -0.457 e. The monoisotopic (exact) mass is 375 g/mol. The Morgan fingerprint density at radius 3 is 2.46 bits per heavy atom. The summed E-state index contributed by atoms with van der Waals surface area (Å²) in [6.07, 6.45) is -0.141. The molecule has 2 aromatic carbocycles. The number of Topliss-reactive ketones (excluding diaryl/α,β-unsaturated/α-hetero) is 1. The molecule has 0 unspecified atom stereocenters. The molecule has 0 saturated heterocycles. The number of nitrogens with zero attached hydrogens (tertiary/aromatic N) is 1. The van der Waals surface area contributed by atoms with Gasteiger partial charge in [0.25, 0.3) is 5.56 Å². The molecular weight excluding hydrogens is 358 g/mol. The van der Waals surface area contributed by atoms with Crippen molar-refractivity contribution in [3.8, 4) is 0 Å². The van der Waals surface area contributed by atoms with Gasteiger partial charge in [0, 0.05) is 27.5 Å². The van der Waals surface area contributed by atoms with Gasteiger partial charge >= 0.3 is 5.97 Å². The molecule has 0 aliphatic carbocycles. The van der Waals surface area contributed by atoms with Gasteiger partial charge in [0.2, 0.25) is 5.78 Å². The van der Waals surface area contributed by atoms with E-state index >= 15 is 0 Å². The van der Waals surface area contributed by atoms with Crippen LogP contribution in [0.1, 0.15) is 21.7 Å². The zero-order valence-corrected chi connectivity index (χ0v) is 15.1. The van der Waals surface area contributed by atoms with E-state index in [1.165, 1.54) is 0 Å². The van der Waals surface area contributed by atoms with Gasteiger partial charge in [0.05, 0.1) is 17.5 Å². The molecule has 7 heteroatoms. The van der Waals surface area contributed by atoms with Gasteiger partial charge in [-0.15, -0.1) is 0 Å². The standard InChI is InChI=1S/C21H17N3O4/c1-12-20(15-8-4-5-9-16(15)22-12)18(25)11-28-19(26)10-17-13-6-2-3-7-14(13)21(27)24-23-17/h2-9,22H,10-11H2,1H3,(H,24,27). The maximum Gasteiger partial charge on any atom is 0.312 e. The van der Waals surface area contributed by atoms with E-state index in [1.807, 2.05) is 31.2 Å². The molecule has 2 aromatic heterocycles. The molecule has 4 rings (SSSR count). The molecule has 2 heterocycles. The van der Waals surface area contributed by atoms with Crippen molar-refractivity contribution in [3.63, 3.8) is 0 Å². The molecular formula is C21H17N3O4. The smallest absolute Gasteiger partial charge is 0.312 e. The number of fused-ring (bicyclic) bond motifs is 2. The maximum absolute atomic E-state index is 12.6. The van der Waals surface area contributed by atoms with Gasteiger partial charge in [0.15, 0.2) is 6.61 Å². The van der Waals surface area contributed by atoms with Crippen LogP contribution in [0.5, 0.6) is 0 Å². The number of nitrogens with one attached hydrogen (secondary N) is 2. The SMILES string of the molecule is Cc1[nH]c2ccccc2c1C(=O)COC(=O)Cc1n[nH]c(=O)c2ccccc12. The quantitative estimate of drug-likeness (QED) is 0.412. The Hall–Kier alpha value is -3.74. The van der Waals surface area contributed by atoms with E-state index in [0.717, 1.165) is 16.6 Å². The number of para-hydroxylation sites is 1. The second-order valence-electron chi connectivity index (χ2n) is 6.48. The number of aryl methyl sites for hydroxylation is 1. The molecule has 0 bridgehead atoms. The highest BCUT2D eigenvalue weighted by Gasteiger charge is 2.18. The average molecular weight is 375 g/mol. The Labute approximate surface area is 159 Å². The van der Waals surface area contributed by atoms with E-state index in [2.05, 4.69) is 15.2 Å². The fourth-order valence-electron chi connectivity index (χ4n) is 3.35. The third-order valence-electron chi connectivity index (χ3n) is 4.62. The lowest BCUT2D eigenvalue weighted by Crippen LogP contribution is -2.18. The Balaban J connectivity index is 1.49. The van der Waals surface area contributed by atoms with Crippen LogP contribution in [0, 0.1) is 6.92 Å². The van der Waals surface area contributed by atoms with Gasteiger partial charge in [-0.2, -0.15) is 5.10 Å². The molecule has 0 radical (unpaired) electrons. The maximum atomic E-state index is 12.6. The topological polar surface area (TPSA) is 105 Å². The van der Waals surface area contributed by atoms with Gasteiger partial charge in [-0.25, -0.2) is 5.10 Å². The van der Waals surface area contributed by atoms with Crippen LogP contribution in [0.3, 0.4) is 0 Å². The van der Waals surface area contributed by atoms with E-state index < -0.39 is 5.97 Å². The Morgan fingerprint density at radius 1 is 1.00 bits per heavy atom. The first-order valence-corrected chi connectivity index (χ1v) is 8.77. The molecule has 0 fully saturated rings. The normalized spacial score (nSPS) is 11.0. The van der Waals surface area contributed by atoms with Crippen molar-refractivity contribution in [2.24, 2.45) is 0 Å². The van der Waals surface area contributed by atoms with Gasteiger partial charge in [0.1, 0.15) is 0 Å². The van der Waals surface area contributed by atoms with Crippen molar-refractivity contribution in [1.29, 1.82) is 0 Å². The summed E-state index contributed by atoms with van der Waals surface area (Å²) in [4.78, 5) is 39.8. The lowest BCUT2D eigenvalue weighted by molar-refractivity contribution is -0.141. The Morgan fingerprint density at radius 2 is 1.68 bits per heavy atom. The molecule has 4 aromatic rings. The first-order valence-electron chi connectivity index (χ1n) is 8.77. The number of ketones is 1. The number of ether oxygens (including phenoxy) is 1. The minimum absolute atomic E-state index is 0.141. The van der Waals surface area contributed by atoms with Crippen LogP contribution < -0.4 is 5.56 Å². The lowest BCUT2D eigenvalue weighted by Gasteiger charge is -2.06. The first-order chi connectivity index (χ1) is 13.5. The van der Waals surface area contributed by atoms with Gasteiger partial charge in [-0.05, 0) is 19.1 Å². The summed E-state index contributed by atoms with van der Waals surface area (Å²) in [5.74, 6) is -0.863. The molecule has 0 atom stereocenters. The summed E-state index contributed by atoms with van der Waals surface area (Å²) in [5.41, 5.74) is 2.19. The average Bonchev–Trinajstić information content (AvgIpc) is 3.04. The number of hydrogen-bond acceptors (Lipinski definition) is 5. The summed E-state index contributed by atoms with van der Waals surface area (Å²) >= 11 is 0. The van der Waals surface area contributed by atoms with Crippen molar-refractivity contribution in [2.75, 3.05) is 6.61 Å². The zero-order chi connectivity index (χ0) is 19.7. The van der Waals surface area contributed by atoms with E-state index in [0.29, 0.717) is 22.0 Å². The van der Waals surface area contributed by atoms with Crippen molar-refractivity contribution < 1.29 is 14.3 Å². The molecule has 0 saturated carbocycles. The summed E-state index contributed by atoms with van der Waals surface area (Å²) in [6, 6.07) is 14.4. The predicted molar refractivity (Wildman–Crippen MR) is 104 cm³/mol. The molecule has 0 spiro atoms. The third kappa shape index (κ3) is 3.18. The van der Waals surface area contributed by atoms with Crippen LogP contribution in [-0.2, 0) is 16.0 Å². The second-order valence-corrected chi connectivity index (χ2v) is 6.48. The number of esters is 1. The van der Waals surface area contributed by atoms with E-state index in [-0.39, 0.29) is 24.4 Å². The van der Waals surface area contributed by atoms with Gasteiger partial charge in [-0.1, -0.05) is 36.4 Å². The van der Waals surface area contributed by atoms with Gasteiger partial charge < -0.3 is 9.72 Å². The summed E-state index contributed by atoms with van der Waals surface area (Å²) in [6.45, 7) is 1.45. The van der Waals surface area contributed by atoms with Crippen LogP contribution in [0.25, 0.3) is 21.7 Å². The number of rotatable bonds is 5. The summed E-state index contributed by atoms with van der Waals surface area (Å²) < 4.78 is 5.18. The number of carbonyl (C=O) groups is 2. The van der Waals surface area contributed by atoms with Crippen LogP contribution in [-0.4, -0.2) is 33.5 Å². The number of H-pyrrole nitrogens is 2. The third-order valence-corrected chi connectivity index (χ3v) is 4.62. The summed E-state index contributed by atoms with van der Waals surface area (Å²) in [5, 5.41) is 8.16. The van der Waals surface area contributed by atoms with Crippen LogP contribution >= 0.6 is 0 Å². The second kappa shape index (κ2) is 7.11. The summed E-state index contributed by atoms with van der Waals surface area (Å²) in [7, 11) is 0. The highest BCUT2D eigenvalue weighted by molar-refractivity contribution is 6.10. The van der Waals surface area contributed by atoms with E-state index in [1.54, 1.807) is 24.3 Å². The highest BCUT2D eigenvalue weighted by Crippen LogP contribution is 2.22. The number of aromatic nitrogens is 3. The van der Waals surface area contributed by atoms with E-state index in [4.69, 9.17) is 4.74 Å². The Kier molecular flexibility index (Phi) is 4.49. The van der Waals surface area contributed by atoms with Crippen molar-refractivity contribution in [2.45, 2.75) is 13.3 Å². The van der Waals surface area contributed by atoms with E-state index in [9.17, 15) is 14.4 Å². The molecule has 7 nitrogen and oxygen atoms in total. The minimum atomic E-state index is -0.587. The molecule has 2 N–H and O–H groups in total. The molecule has 140 valence electrons. The lowest BCUT2D eigenvalue weighted by atomic mass is 10.1. The van der Waals surface area contributed by atoms with Crippen molar-refractivity contribution in [1.82, 2.24) is 15.2 Å². The molecule has 0 aliphatic heterocycles. The molecule has 0 amide bonds. The molecule has 0 aliphatic rings. The largest absolute Gasteiger partial charge is 0.457 e. The zero-order valence-electron chi connectivity index (χ0n) is 15.1. The van der Waals surface area contributed by atoms with Crippen LogP contribution in [0.2, 0.25) is 0 Å². The predicted octanol–water partition coefficient (Wildman–Crippen LogP) is 2.68. The fourth-order valence-corrected chi connectivity index (χ4v) is 3.35. The fraction of sp³-hybridized carbons (Fsp3) is 0.143. The van der Waals surface area contributed by atoms with Crippen molar-refractivity contribution >= 4 is 33.4 Å². The molecule has 28 heavy (non-hydrogen) atoms. The number of aromatic amines is 2. The Bertz CT molecular complexity index is 1270. The van der Waals surface area contributed by atoms with Crippen LogP contribution in [0.4, 0.5) is 0 Å².